The molecule has 4 nitrogen and oxygen atoms in total. The van der Waals surface area contributed by atoms with Crippen molar-refractivity contribution in [3.05, 3.63) is 0 Å². The molecule has 0 saturated carbocycles. The SMILES string of the molecule is CC(C)CCOCCNC(=O)C1CC2CCC1N2. The van der Waals surface area contributed by atoms with E-state index in [1.54, 1.807) is 0 Å². The number of nitrogens with one attached hydrogen (secondary N) is 2. The zero-order chi connectivity index (χ0) is 13.0. The largest absolute Gasteiger partial charge is 0.380 e. The summed E-state index contributed by atoms with van der Waals surface area (Å²) < 4.78 is 5.49. The highest BCUT2D eigenvalue weighted by Crippen LogP contribution is 2.33. The molecule has 18 heavy (non-hydrogen) atoms. The average Bonchev–Trinajstić information content (AvgIpc) is 2.94. The van der Waals surface area contributed by atoms with Crippen LogP contribution in [0.25, 0.3) is 0 Å². The third-order valence-electron chi connectivity index (χ3n) is 4.02. The third-order valence-corrected chi connectivity index (χ3v) is 4.02. The number of fused-ring (bicyclic) bond motifs is 2. The minimum atomic E-state index is 0.194. The van der Waals surface area contributed by atoms with Crippen LogP contribution in [0, 0.1) is 11.8 Å². The van der Waals surface area contributed by atoms with Crippen molar-refractivity contribution in [1.82, 2.24) is 10.6 Å². The van der Waals surface area contributed by atoms with E-state index in [9.17, 15) is 4.79 Å². The Bertz CT molecular complexity index is 281. The Morgan fingerprint density at radius 1 is 1.39 bits per heavy atom. The van der Waals surface area contributed by atoms with E-state index in [-0.39, 0.29) is 11.8 Å². The van der Waals surface area contributed by atoms with Gasteiger partial charge in [-0.15, -0.1) is 0 Å². The summed E-state index contributed by atoms with van der Waals surface area (Å²) in [5.74, 6) is 1.08. The van der Waals surface area contributed by atoms with Crippen LogP contribution in [-0.2, 0) is 9.53 Å². The molecule has 3 unspecified atom stereocenters. The minimum absolute atomic E-state index is 0.194. The van der Waals surface area contributed by atoms with Crippen LogP contribution in [-0.4, -0.2) is 37.7 Å². The minimum Gasteiger partial charge on any atom is -0.380 e. The van der Waals surface area contributed by atoms with Gasteiger partial charge in [-0.25, -0.2) is 0 Å². The molecule has 2 aliphatic heterocycles. The highest BCUT2D eigenvalue weighted by molar-refractivity contribution is 5.80. The normalized spacial score (nSPS) is 30.1. The summed E-state index contributed by atoms with van der Waals surface area (Å²) in [6.45, 7) is 6.45. The molecule has 0 radical (unpaired) electrons. The maximum absolute atomic E-state index is 12.0. The van der Waals surface area contributed by atoms with Gasteiger partial charge in [-0.1, -0.05) is 13.8 Å². The molecule has 2 rings (SSSR count). The van der Waals surface area contributed by atoms with Gasteiger partial charge < -0.3 is 15.4 Å². The summed E-state index contributed by atoms with van der Waals surface area (Å²) in [5.41, 5.74) is 0. The van der Waals surface area contributed by atoms with Crippen molar-refractivity contribution >= 4 is 5.91 Å². The molecule has 2 aliphatic rings. The zero-order valence-electron chi connectivity index (χ0n) is 11.6. The Morgan fingerprint density at radius 2 is 2.22 bits per heavy atom. The monoisotopic (exact) mass is 254 g/mol. The van der Waals surface area contributed by atoms with E-state index in [1.165, 1.54) is 6.42 Å². The van der Waals surface area contributed by atoms with Crippen LogP contribution >= 0.6 is 0 Å². The molecule has 2 saturated heterocycles. The topological polar surface area (TPSA) is 50.4 Å². The van der Waals surface area contributed by atoms with Gasteiger partial charge in [0.05, 0.1) is 12.5 Å². The Morgan fingerprint density at radius 3 is 2.83 bits per heavy atom. The lowest BCUT2D eigenvalue weighted by atomic mass is 9.88. The summed E-state index contributed by atoms with van der Waals surface area (Å²) in [6, 6.07) is 1.02. The summed E-state index contributed by atoms with van der Waals surface area (Å²) in [5, 5.41) is 6.48. The van der Waals surface area contributed by atoms with Gasteiger partial charge in [0, 0.05) is 25.2 Å². The highest BCUT2D eigenvalue weighted by Gasteiger charge is 2.42. The van der Waals surface area contributed by atoms with Crippen LogP contribution in [0.2, 0.25) is 0 Å². The van der Waals surface area contributed by atoms with Gasteiger partial charge in [-0.2, -0.15) is 0 Å². The summed E-state index contributed by atoms with van der Waals surface area (Å²) in [4.78, 5) is 12.0. The maximum Gasteiger partial charge on any atom is 0.224 e. The van der Waals surface area contributed by atoms with Crippen molar-refractivity contribution in [2.24, 2.45) is 11.8 Å². The quantitative estimate of drug-likeness (QED) is 0.673. The van der Waals surface area contributed by atoms with Crippen LogP contribution in [0.5, 0.6) is 0 Å². The molecule has 2 N–H and O–H groups in total. The number of rotatable bonds is 7. The molecule has 0 aromatic carbocycles. The number of hydrogen-bond donors (Lipinski definition) is 2. The number of hydrogen-bond acceptors (Lipinski definition) is 3. The van der Waals surface area contributed by atoms with E-state index in [0.29, 0.717) is 31.2 Å². The second kappa shape index (κ2) is 6.53. The lowest BCUT2D eigenvalue weighted by Gasteiger charge is -2.19. The smallest absolute Gasteiger partial charge is 0.224 e. The first-order valence-corrected chi connectivity index (χ1v) is 7.28. The predicted octanol–water partition coefficient (Wildman–Crippen LogP) is 1.31. The number of amides is 1. The van der Waals surface area contributed by atoms with E-state index >= 15 is 0 Å². The molecule has 2 bridgehead atoms. The standard InChI is InChI=1S/C14H26N2O2/c1-10(2)5-7-18-8-6-15-14(17)12-9-11-3-4-13(12)16-11/h10-13,16H,3-9H2,1-2H3,(H,15,17). The van der Waals surface area contributed by atoms with E-state index in [0.717, 1.165) is 25.9 Å². The molecule has 0 aromatic heterocycles. The van der Waals surface area contributed by atoms with Crippen molar-refractivity contribution in [1.29, 1.82) is 0 Å². The molecule has 0 aromatic rings. The van der Waals surface area contributed by atoms with Crippen molar-refractivity contribution in [2.75, 3.05) is 19.8 Å². The number of carbonyl (C=O) groups is 1. The fraction of sp³-hybridized carbons (Fsp3) is 0.929. The second-order valence-electron chi connectivity index (χ2n) is 5.98. The molecule has 1 amide bonds. The van der Waals surface area contributed by atoms with Gasteiger partial charge in [0.15, 0.2) is 0 Å². The van der Waals surface area contributed by atoms with Crippen molar-refractivity contribution in [3.8, 4) is 0 Å². The van der Waals surface area contributed by atoms with Crippen molar-refractivity contribution < 1.29 is 9.53 Å². The molecule has 104 valence electrons. The lowest BCUT2D eigenvalue weighted by molar-refractivity contribution is -0.125. The first kappa shape index (κ1) is 13.8. The number of ether oxygens (including phenoxy) is 1. The van der Waals surface area contributed by atoms with Crippen LogP contribution in [0.1, 0.15) is 39.5 Å². The molecule has 2 fully saturated rings. The van der Waals surface area contributed by atoms with Gasteiger partial charge in [-0.05, 0) is 31.6 Å². The van der Waals surface area contributed by atoms with Gasteiger partial charge in [0.1, 0.15) is 0 Å². The molecule has 4 heteroatoms. The Balaban J connectivity index is 1.53. The molecular weight excluding hydrogens is 228 g/mol. The molecule has 3 atom stereocenters. The fourth-order valence-electron chi connectivity index (χ4n) is 2.91. The Labute approximate surface area is 110 Å². The molecule has 0 spiro atoms. The van der Waals surface area contributed by atoms with E-state index in [4.69, 9.17) is 4.74 Å². The summed E-state index contributed by atoms with van der Waals surface area (Å²) in [6.07, 6.45) is 4.51. The van der Waals surface area contributed by atoms with Crippen LogP contribution < -0.4 is 10.6 Å². The molecule has 0 aliphatic carbocycles. The van der Waals surface area contributed by atoms with E-state index in [2.05, 4.69) is 24.5 Å². The summed E-state index contributed by atoms with van der Waals surface area (Å²) in [7, 11) is 0. The lowest BCUT2D eigenvalue weighted by Crippen LogP contribution is -2.38. The van der Waals surface area contributed by atoms with Crippen molar-refractivity contribution in [3.63, 3.8) is 0 Å². The highest BCUT2D eigenvalue weighted by atomic mass is 16.5. The van der Waals surface area contributed by atoms with Gasteiger partial charge in [0.25, 0.3) is 0 Å². The second-order valence-corrected chi connectivity index (χ2v) is 5.98. The zero-order valence-corrected chi connectivity index (χ0v) is 11.6. The Hall–Kier alpha value is -0.610. The molecule has 2 heterocycles. The van der Waals surface area contributed by atoms with Gasteiger partial charge >= 0.3 is 0 Å². The Kier molecular flexibility index (Phi) is 5.01. The van der Waals surface area contributed by atoms with Crippen LogP contribution in [0.15, 0.2) is 0 Å². The predicted molar refractivity (Wildman–Crippen MR) is 71.3 cm³/mol. The average molecular weight is 254 g/mol. The van der Waals surface area contributed by atoms with Crippen LogP contribution in [0.3, 0.4) is 0 Å². The van der Waals surface area contributed by atoms with E-state index < -0.39 is 0 Å². The van der Waals surface area contributed by atoms with Gasteiger partial charge in [-0.3, -0.25) is 4.79 Å². The van der Waals surface area contributed by atoms with Crippen molar-refractivity contribution in [2.45, 2.75) is 51.6 Å². The first-order valence-electron chi connectivity index (χ1n) is 7.28. The fourth-order valence-corrected chi connectivity index (χ4v) is 2.91. The first-order chi connectivity index (χ1) is 8.66. The summed E-state index contributed by atoms with van der Waals surface area (Å²) >= 11 is 0. The number of carbonyl (C=O) groups excluding carboxylic acids is 1. The van der Waals surface area contributed by atoms with E-state index in [1.807, 2.05) is 0 Å². The van der Waals surface area contributed by atoms with Crippen LogP contribution in [0.4, 0.5) is 0 Å². The molecular formula is C14H26N2O2. The maximum atomic E-state index is 12.0. The van der Waals surface area contributed by atoms with Gasteiger partial charge in [0.2, 0.25) is 5.91 Å². The third kappa shape index (κ3) is 3.69.